The van der Waals surface area contributed by atoms with Crippen molar-refractivity contribution in [2.24, 2.45) is 5.92 Å². The predicted molar refractivity (Wildman–Crippen MR) is 72.7 cm³/mol. The molecule has 0 radical (unpaired) electrons. The molecule has 0 saturated carbocycles. The highest BCUT2D eigenvalue weighted by molar-refractivity contribution is 5.75. The lowest BCUT2D eigenvalue weighted by atomic mass is 9.93. The number of piperidine rings is 1. The molecule has 0 atom stereocenters. The maximum atomic E-state index is 5.86. The van der Waals surface area contributed by atoms with E-state index in [1.807, 2.05) is 12.1 Å². The van der Waals surface area contributed by atoms with Gasteiger partial charge in [0.2, 0.25) is 0 Å². The minimum atomic E-state index is 0.836. The SMILES string of the molecule is Cc1cccc2nc(CCC3CCNCC3)oc12. The van der Waals surface area contributed by atoms with Crippen LogP contribution in [0.25, 0.3) is 11.1 Å². The lowest BCUT2D eigenvalue weighted by Gasteiger charge is -2.21. The van der Waals surface area contributed by atoms with Gasteiger partial charge >= 0.3 is 0 Å². The van der Waals surface area contributed by atoms with Crippen LogP contribution in [0, 0.1) is 12.8 Å². The van der Waals surface area contributed by atoms with Crippen LogP contribution in [0.1, 0.15) is 30.7 Å². The third kappa shape index (κ3) is 2.41. The van der Waals surface area contributed by atoms with Crippen molar-refractivity contribution in [1.82, 2.24) is 10.3 Å². The van der Waals surface area contributed by atoms with Gasteiger partial charge < -0.3 is 9.73 Å². The Labute approximate surface area is 108 Å². The van der Waals surface area contributed by atoms with E-state index >= 15 is 0 Å². The summed E-state index contributed by atoms with van der Waals surface area (Å²) in [5.74, 6) is 1.74. The molecule has 0 bridgehead atoms. The van der Waals surface area contributed by atoms with Gasteiger partial charge in [-0.1, -0.05) is 12.1 Å². The molecule has 0 spiro atoms. The van der Waals surface area contributed by atoms with Crippen molar-refractivity contribution < 1.29 is 4.42 Å². The first kappa shape index (κ1) is 11.7. The van der Waals surface area contributed by atoms with Crippen LogP contribution >= 0.6 is 0 Å². The van der Waals surface area contributed by atoms with Gasteiger partial charge in [0.15, 0.2) is 11.5 Å². The molecule has 1 aromatic heterocycles. The molecule has 0 aliphatic carbocycles. The molecule has 3 rings (SSSR count). The fourth-order valence-electron chi connectivity index (χ4n) is 2.74. The Morgan fingerprint density at radius 3 is 2.94 bits per heavy atom. The third-order valence-electron chi connectivity index (χ3n) is 3.88. The van der Waals surface area contributed by atoms with Gasteiger partial charge in [0.25, 0.3) is 0 Å². The predicted octanol–water partition coefficient (Wildman–Crippen LogP) is 3.07. The maximum Gasteiger partial charge on any atom is 0.195 e. The average Bonchev–Trinajstić information content (AvgIpc) is 2.82. The molecule has 18 heavy (non-hydrogen) atoms. The molecule has 0 unspecified atom stereocenters. The van der Waals surface area contributed by atoms with Crippen molar-refractivity contribution in [3.8, 4) is 0 Å². The zero-order valence-electron chi connectivity index (χ0n) is 10.9. The third-order valence-corrected chi connectivity index (χ3v) is 3.88. The Balaban J connectivity index is 1.69. The molecule has 2 heterocycles. The van der Waals surface area contributed by atoms with Crippen molar-refractivity contribution >= 4 is 11.1 Å². The maximum absolute atomic E-state index is 5.86. The van der Waals surface area contributed by atoms with Gasteiger partial charge in [0.1, 0.15) is 5.52 Å². The normalized spacial score (nSPS) is 17.4. The molecule has 1 aromatic carbocycles. The average molecular weight is 244 g/mol. The first-order chi connectivity index (χ1) is 8.83. The van der Waals surface area contributed by atoms with E-state index in [2.05, 4.69) is 23.3 Å². The summed E-state index contributed by atoms with van der Waals surface area (Å²) < 4.78 is 5.86. The van der Waals surface area contributed by atoms with E-state index in [1.54, 1.807) is 0 Å². The van der Waals surface area contributed by atoms with Crippen molar-refractivity contribution in [2.75, 3.05) is 13.1 Å². The van der Waals surface area contributed by atoms with Crippen LogP contribution in [-0.4, -0.2) is 18.1 Å². The van der Waals surface area contributed by atoms with Crippen LogP contribution < -0.4 is 5.32 Å². The summed E-state index contributed by atoms with van der Waals surface area (Å²) in [6.07, 6.45) is 4.75. The summed E-state index contributed by atoms with van der Waals surface area (Å²) in [5.41, 5.74) is 3.13. The molecule has 3 nitrogen and oxygen atoms in total. The van der Waals surface area contributed by atoms with E-state index in [-0.39, 0.29) is 0 Å². The number of benzene rings is 1. The van der Waals surface area contributed by atoms with Crippen LogP contribution in [0.4, 0.5) is 0 Å². The van der Waals surface area contributed by atoms with E-state index in [0.29, 0.717) is 0 Å². The Morgan fingerprint density at radius 1 is 1.33 bits per heavy atom. The number of aromatic nitrogens is 1. The largest absolute Gasteiger partial charge is 0.440 e. The summed E-state index contributed by atoms with van der Waals surface area (Å²) in [7, 11) is 0. The monoisotopic (exact) mass is 244 g/mol. The van der Waals surface area contributed by atoms with Gasteiger partial charge in [-0.05, 0) is 56.8 Å². The number of hydrogen-bond acceptors (Lipinski definition) is 3. The van der Waals surface area contributed by atoms with E-state index < -0.39 is 0 Å². The number of aryl methyl sites for hydroxylation is 2. The summed E-state index contributed by atoms with van der Waals surface area (Å²) in [5, 5.41) is 3.40. The Morgan fingerprint density at radius 2 is 2.17 bits per heavy atom. The lowest BCUT2D eigenvalue weighted by Crippen LogP contribution is -2.27. The molecule has 0 amide bonds. The van der Waals surface area contributed by atoms with Gasteiger partial charge in [-0.15, -0.1) is 0 Å². The number of nitrogens with zero attached hydrogens (tertiary/aromatic N) is 1. The van der Waals surface area contributed by atoms with Crippen LogP contribution in [-0.2, 0) is 6.42 Å². The van der Waals surface area contributed by atoms with Gasteiger partial charge in [-0.25, -0.2) is 4.98 Å². The van der Waals surface area contributed by atoms with E-state index in [4.69, 9.17) is 4.42 Å². The zero-order chi connectivity index (χ0) is 12.4. The van der Waals surface area contributed by atoms with E-state index in [1.165, 1.54) is 24.8 Å². The quantitative estimate of drug-likeness (QED) is 0.901. The molecule has 1 N–H and O–H groups in total. The Kier molecular flexibility index (Phi) is 3.33. The lowest BCUT2D eigenvalue weighted by molar-refractivity contribution is 0.343. The standard InChI is InChI=1S/C15H20N2O/c1-11-3-2-4-13-15(11)18-14(17-13)6-5-12-7-9-16-10-8-12/h2-4,12,16H,5-10H2,1H3. The van der Waals surface area contributed by atoms with Gasteiger partial charge in [-0.3, -0.25) is 0 Å². The number of hydrogen-bond donors (Lipinski definition) is 1. The second kappa shape index (κ2) is 5.11. The summed E-state index contributed by atoms with van der Waals surface area (Å²) in [6.45, 7) is 4.40. The van der Waals surface area contributed by atoms with E-state index in [9.17, 15) is 0 Å². The van der Waals surface area contributed by atoms with Gasteiger partial charge in [-0.2, -0.15) is 0 Å². The summed E-state index contributed by atoms with van der Waals surface area (Å²) in [6, 6.07) is 6.14. The molecule has 1 aliphatic heterocycles. The molecule has 1 fully saturated rings. The second-order valence-corrected chi connectivity index (χ2v) is 5.26. The minimum absolute atomic E-state index is 0.836. The summed E-state index contributed by atoms with van der Waals surface area (Å²) >= 11 is 0. The number of oxazole rings is 1. The van der Waals surface area contributed by atoms with Crippen molar-refractivity contribution in [1.29, 1.82) is 0 Å². The number of para-hydroxylation sites is 1. The van der Waals surface area contributed by atoms with Crippen LogP contribution in [0.5, 0.6) is 0 Å². The highest BCUT2D eigenvalue weighted by atomic mass is 16.3. The van der Waals surface area contributed by atoms with Gasteiger partial charge in [0, 0.05) is 6.42 Å². The first-order valence-corrected chi connectivity index (χ1v) is 6.88. The van der Waals surface area contributed by atoms with Crippen LogP contribution in [0.15, 0.2) is 22.6 Å². The van der Waals surface area contributed by atoms with Crippen LogP contribution in [0.3, 0.4) is 0 Å². The Hall–Kier alpha value is -1.35. The number of fused-ring (bicyclic) bond motifs is 1. The highest BCUT2D eigenvalue weighted by Crippen LogP contribution is 2.22. The fraction of sp³-hybridized carbons (Fsp3) is 0.533. The van der Waals surface area contributed by atoms with Crippen molar-refractivity contribution in [3.63, 3.8) is 0 Å². The van der Waals surface area contributed by atoms with Crippen LogP contribution in [0.2, 0.25) is 0 Å². The molecule has 1 saturated heterocycles. The smallest absolute Gasteiger partial charge is 0.195 e. The molecule has 96 valence electrons. The Bertz CT molecular complexity index is 526. The fourth-order valence-corrected chi connectivity index (χ4v) is 2.74. The topological polar surface area (TPSA) is 38.1 Å². The molecule has 1 aliphatic rings. The van der Waals surface area contributed by atoms with Gasteiger partial charge in [0.05, 0.1) is 0 Å². The van der Waals surface area contributed by atoms with E-state index in [0.717, 1.165) is 42.4 Å². The van der Waals surface area contributed by atoms with Crippen molar-refractivity contribution in [2.45, 2.75) is 32.6 Å². The number of rotatable bonds is 3. The molecular formula is C15H20N2O. The molecule has 2 aromatic rings. The minimum Gasteiger partial charge on any atom is -0.440 e. The summed E-state index contributed by atoms with van der Waals surface area (Å²) in [4.78, 5) is 4.58. The first-order valence-electron chi connectivity index (χ1n) is 6.88. The molecular weight excluding hydrogens is 224 g/mol. The highest BCUT2D eigenvalue weighted by Gasteiger charge is 2.14. The van der Waals surface area contributed by atoms with Crippen molar-refractivity contribution in [3.05, 3.63) is 29.7 Å². The zero-order valence-corrected chi connectivity index (χ0v) is 10.9. The molecule has 3 heteroatoms. The number of nitrogens with one attached hydrogen (secondary N) is 1. The second-order valence-electron chi connectivity index (χ2n) is 5.26.